The van der Waals surface area contributed by atoms with Crippen molar-refractivity contribution in [1.29, 1.82) is 10.5 Å². The zero-order valence-electron chi connectivity index (χ0n) is 33.3. The van der Waals surface area contributed by atoms with Gasteiger partial charge in [0.1, 0.15) is 42.2 Å². The molecule has 2 aliphatic rings. The summed E-state index contributed by atoms with van der Waals surface area (Å²) in [4.78, 5) is 15.0. The minimum Gasteiger partial charge on any atom is -0.495 e. The monoisotopic (exact) mass is 780 g/mol. The number of aliphatic imine (C=N–C) groups is 1. The Morgan fingerprint density at radius 2 is 1.62 bits per heavy atom. The van der Waals surface area contributed by atoms with Gasteiger partial charge in [-0.05, 0) is 49.1 Å². The maximum absolute atomic E-state index is 10.7. The highest BCUT2D eigenvalue weighted by Crippen LogP contribution is 2.43. The normalized spacial score (nSPS) is 18.9. The van der Waals surface area contributed by atoms with Crippen LogP contribution in [0.15, 0.2) is 35.3 Å². The van der Waals surface area contributed by atoms with Crippen molar-refractivity contribution < 1.29 is 28.2 Å². The van der Waals surface area contributed by atoms with Crippen molar-refractivity contribution in [3.8, 4) is 17.9 Å². The molecule has 4 N–H and O–H groups in total. The lowest BCUT2D eigenvalue weighted by Gasteiger charge is -2.25. The summed E-state index contributed by atoms with van der Waals surface area (Å²) in [7, 11) is -0.732. The molecule has 0 saturated carbocycles. The maximum atomic E-state index is 10.7. The van der Waals surface area contributed by atoms with Gasteiger partial charge in [-0.25, -0.2) is 4.99 Å². The van der Waals surface area contributed by atoms with E-state index in [1.54, 1.807) is 13.2 Å². The molecule has 304 valence electrons. The zero-order valence-corrected chi connectivity index (χ0v) is 34.2. The Labute approximate surface area is 330 Å². The van der Waals surface area contributed by atoms with Crippen molar-refractivity contribution in [3.05, 3.63) is 52.8 Å². The highest BCUT2D eigenvalue weighted by molar-refractivity contribution is 7.40. The van der Waals surface area contributed by atoms with Gasteiger partial charge in [-0.3, -0.25) is 4.68 Å². The van der Waals surface area contributed by atoms with E-state index in [1.807, 2.05) is 28.9 Å². The third kappa shape index (κ3) is 15.0. The summed E-state index contributed by atoms with van der Waals surface area (Å²) in [5, 5.41) is 19.4. The van der Waals surface area contributed by atoms with Gasteiger partial charge < -0.3 is 39.3 Å². The van der Waals surface area contributed by atoms with Crippen LogP contribution in [0.1, 0.15) is 164 Å². The summed E-state index contributed by atoms with van der Waals surface area (Å²) in [6.45, 7) is 2.96. The molecule has 0 radical (unpaired) electrons. The van der Waals surface area contributed by atoms with Crippen molar-refractivity contribution in [1.82, 2.24) is 4.68 Å². The Balaban J connectivity index is 1.16. The number of aromatic nitrogens is 1. The van der Waals surface area contributed by atoms with E-state index in [1.165, 1.54) is 96.3 Å². The molecule has 0 amide bonds. The topological polar surface area (TPSA) is 169 Å². The van der Waals surface area contributed by atoms with Gasteiger partial charge >= 0.3 is 8.60 Å². The molecule has 2 aromatic rings. The smallest absolute Gasteiger partial charge is 0.330 e. The molecule has 4 atom stereocenters. The van der Waals surface area contributed by atoms with Crippen LogP contribution in [0.3, 0.4) is 0 Å². The molecule has 0 spiro atoms. The molecule has 4 rings (SSSR count). The fourth-order valence-electron chi connectivity index (χ4n) is 7.32. The second kappa shape index (κ2) is 25.1. The fraction of sp³-hybridized carbons (Fsp3) is 0.690. The van der Waals surface area contributed by atoms with Gasteiger partial charge in [0.2, 0.25) is 0 Å². The second-order valence-electron chi connectivity index (χ2n) is 14.9. The van der Waals surface area contributed by atoms with E-state index < -0.39 is 14.2 Å². The standard InChI is InChI=1S/C42H65N6O6P/c1-3-4-5-6-7-8-9-10-11-12-13-14-15-16-17-18-19-20-36(51-29-34-21-22-35(28-43)40(27-34)50-2)30-52-55(49)53-32-42(31-44)26-25-39(54-42)37-23-24-38-41(45)46-33-47-48(37)38/h21-24,27,36,39,47,49H,3-20,25-26,29-30,32-33H2,1-2H3,(H2,45,46). The van der Waals surface area contributed by atoms with Gasteiger partial charge in [0.15, 0.2) is 5.60 Å². The van der Waals surface area contributed by atoms with Crippen LogP contribution in [-0.2, 0) is 25.1 Å². The lowest BCUT2D eigenvalue weighted by Crippen LogP contribution is -2.34. The summed E-state index contributed by atoms with van der Waals surface area (Å²) in [6, 6.07) is 13.6. The number of fused-ring (bicyclic) bond motifs is 1. The Kier molecular flexibility index (Phi) is 20.3. The molecule has 13 heteroatoms. The van der Waals surface area contributed by atoms with Gasteiger partial charge in [0, 0.05) is 0 Å². The van der Waals surface area contributed by atoms with Crippen molar-refractivity contribution in [2.45, 2.75) is 160 Å². The molecular formula is C42H65N6O6P. The Bertz CT molecular complexity index is 1520. The summed E-state index contributed by atoms with van der Waals surface area (Å²) in [6.07, 6.45) is 23.6. The van der Waals surface area contributed by atoms with Gasteiger partial charge in [-0.2, -0.15) is 10.5 Å². The van der Waals surface area contributed by atoms with Crippen LogP contribution in [0.4, 0.5) is 0 Å². The first-order chi connectivity index (χ1) is 26.9. The number of amidine groups is 1. The predicted molar refractivity (Wildman–Crippen MR) is 217 cm³/mol. The van der Waals surface area contributed by atoms with E-state index in [0.717, 1.165) is 36.2 Å². The van der Waals surface area contributed by atoms with Gasteiger partial charge in [-0.15, -0.1) is 0 Å². The number of methoxy groups -OCH3 is 1. The quantitative estimate of drug-likeness (QED) is 0.0534. The van der Waals surface area contributed by atoms with Crippen molar-refractivity contribution >= 4 is 14.4 Å². The van der Waals surface area contributed by atoms with E-state index in [0.29, 0.717) is 43.3 Å². The molecule has 1 saturated heterocycles. The molecule has 12 nitrogen and oxygen atoms in total. The number of ether oxygens (including phenoxy) is 3. The highest BCUT2D eigenvalue weighted by atomic mass is 31.2. The lowest BCUT2D eigenvalue weighted by atomic mass is 10.0. The van der Waals surface area contributed by atoms with Crippen LogP contribution in [-0.4, -0.2) is 54.1 Å². The summed E-state index contributed by atoms with van der Waals surface area (Å²) >= 11 is 0. The summed E-state index contributed by atoms with van der Waals surface area (Å²) in [5.74, 6) is 0.954. The molecule has 0 bridgehead atoms. The molecular weight excluding hydrogens is 715 g/mol. The van der Waals surface area contributed by atoms with E-state index in [4.69, 9.17) is 29.0 Å². The van der Waals surface area contributed by atoms with Crippen LogP contribution in [0.5, 0.6) is 5.75 Å². The first-order valence-corrected chi connectivity index (χ1v) is 21.8. The fourth-order valence-corrected chi connectivity index (χ4v) is 8.01. The van der Waals surface area contributed by atoms with Crippen molar-refractivity contribution in [2.24, 2.45) is 10.7 Å². The Morgan fingerprint density at radius 3 is 2.24 bits per heavy atom. The van der Waals surface area contributed by atoms with Crippen LogP contribution in [0, 0.1) is 22.7 Å². The average molecular weight is 781 g/mol. The lowest BCUT2D eigenvalue weighted by molar-refractivity contribution is -0.0397. The number of benzene rings is 1. The Morgan fingerprint density at radius 1 is 0.964 bits per heavy atom. The molecule has 1 fully saturated rings. The minimum absolute atomic E-state index is 0.122. The largest absolute Gasteiger partial charge is 0.495 e. The van der Waals surface area contributed by atoms with Gasteiger partial charge in [-0.1, -0.05) is 122 Å². The first-order valence-electron chi connectivity index (χ1n) is 20.7. The third-order valence-corrected chi connectivity index (χ3v) is 11.4. The molecule has 4 unspecified atom stereocenters. The van der Waals surface area contributed by atoms with Crippen LogP contribution >= 0.6 is 8.60 Å². The summed E-state index contributed by atoms with van der Waals surface area (Å²) < 4.78 is 31.3. The number of unbranched alkanes of at least 4 members (excludes halogenated alkanes) is 16. The van der Waals surface area contributed by atoms with Crippen molar-refractivity contribution in [2.75, 3.05) is 32.4 Å². The van der Waals surface area contributed by atoms with Crippen LogP contribution < -0.4 is 15.9 Å². The third-order valence-electron chi connectivity index (χ3n) is 10.6. The Hall–Kier alpha value is -3.22. The molecule has 1 aromatic heterocycles. The van der Waals surface area contributed by atoms with Crippen molar-refractivity contribution in [3.63, 3.8) is 0 Å². The summed E-state index contributed by atoms with van der Waals surface area (Å²) in [5.41, 5.74) is 11.0. The number of nitrogens with zero attached hydrogens (tertiary/aromatic N) is 4. The molecule has 2 aliphatic heterocycles. The van der Waals surface area contributed by atoms with E-state index in [-0.39, 0.29) is 25.4 Å². The molecule has 0 aliphatic carbocycles. The maximum Gasteiger partial charge on any atom is 0.330 e. The highest BCUT2D eigenvalue weighted by Gasteiger charge is 2.43. The van der Waals surface area contributed by atoms with E-state index >= 15 is 0 Å². The number of nitrogens with two attached hydrogens (primary N) is 1. The average Bonchev–Trinajstić information content (AvgIpc) is 3.84. The van der Waals surface area contributed by atoms with E-state index in [2.05, 4.69) is 29.5 Å². The SMILES string of the molecule is CCCCCCCCCCCCCCCCCCCC(COP(O)OCC1(C#N)CCC(c2ccc3n2NCN=C3N)O1)OCc1ccc(C#N)c(OC)c1. The number of nitrogens with one attached hydrogen (secondary N) is 1. The van der Waals surface area contributed by atoms with Crippen LogP contribution in [0.2, 0.25) is 0 Å². The van der Waals surface area contributed by atoms with Gasteiger partial charge in [0.05, 0.1) is 44.3 Å². The second-order valence-corrected chi connectivity index (χ2v) is 15.9. The minimum atomic E-state index is -2.28. The van der Waals surface area contributed by atoms with Crippen LogP contribution in [0.25, 0.3) is 0 Å². The number of hydrogen-bond acceptors (Lipinski definition) is 11. The zero-order chi connectivity index (χ0) is 39.1. The number of rotatable bonds is 29. The van der Waals surface area contributed by atoms with E-state index in [9.17, 15) is 15.4 Å². The number of nitriles is 2. The first kappa shape index (κ1) is 44.5. The predicted octanol–water partition coefficient (Wildman–Crippen LogP) is 9.58. The van der Waals surface area contributed by atoms with Gasteiger partial charge in [0.25, 0.3) is 0 Å². The molecule has 1 aromatic carbocycles. The number of hydrogen-bond donors (Lipinski definition) is 3. The molecule has 3 heterocycles. The molecule has 55 heavy (non-hydrogen) atoms.